The molecule has 1 atom stereocenters. The molecular weight excluding hydrogens is 472 g/mol. The molecule has 0 aliphatic rings. The Morgan fingerprint density at radius 1 is 0.641 bits per heavy atom. The first kappa shape index (κ1) is 28.9. The lowest BCUT2D eigenvalue weighted by Gasteiger charge is -2.17. The van der Waals surface area contributed by atoms with E-state index in [9.17, 15) is 0 Å². The van der Waals surface area contributed by atoms with E-state index in [0.717, 1.165) is 25.8 Å². The van der Waals surface area contributed by atoms with E-state index in [0.29, 0.717) is 5.92 Å². The number of imidazole rings is 1. The second kappa shape index (κ2) is 16.7. The van der Waals surface area contributed by atoms with Crippen molar-refractivity contribution in [3.8, 4) is 5.69 Å². The Balaban J connectivity index is 1.39. The van der Waals surface area contributed by atoms with E-state index in [4.69, 9.17) is 0 Å². The van der Waals surface area contributed by atoms with Gasteiger partial charge in [-0.05, 0) is 54.9 Å². The first-order valence-electron chi connectivity index (χ1n) is 15.6. The van der Waals surface area contributed by atoms with E-state index in [-0.39, 0.29) is 0 Å². The summed E-state index contributed by atoms with van der Waals surface area (Å²) < 4.78 is 4.95. The molecule has 0 fully saturated rings. The van der Waals surface area contributed by atoms with Gasteiger partial charge in [0.15, 0.2) is 0 Å². The van der Waals surface area contributed by atoms with Crippen LogP contribution in [0.3, 0.4) is 0 Å². The molecule has 2 nitrogen and oxygen atoms in total. The lowest BCUT2D eigenvalue weighted by Crippen LogP contribution is -2.37. The molecule has 0 saturated carbocycles. The van der Waals surface area contributed by atoms with Crippen LogP contribution < -0.4 is 4.57 Å². The number of benzene rings is 3. The Kier molecular flexibility index (Phi) is 12.4. The summed E-state index contributed by atoms with van der Waals surface area (Å²) in [6.07, 6.45) is 21.6. The molecule has 4 rings (SSSR count). The third-order valence-electron chi connectivity index (χ3n) is 8.10. The van der Waals surface area contributed by atoms with Gasteiger partial charge < -0.3 is 0 Å². The van der Waals surface area contributed by atoms with Crippen molar-refractivity contribution in [2.45, 2.75) is 103 Å². The summed E-state index contributed by atoms with van der Waals surface area (Å²) in [6, 6.07) is 33.0. The number of para-hydroxylation sites is 1. The maximum absolute atomic E-state index is 2.53. The maximum Gasteiger partial charge on any atom is 0.261 e. The quantitative estimate of drug-likeness (QED) is 0.0910. The van der Waals surface area contributed by atoms with Crippen molar-refractivity contribution in [2.75, 3.05) is 0 Å². The van der Waals surface area contributed by atoms with E-state index < -0.39 is 0 Å². The molecule has 0 bridgehead atoms. The fourth-order valence-corrected chi connectivity index (χ4v) is 5.83. The number of aromatic nitrogens is 2. The van der Waals surface area contributed by atoms with Crippen LogP contribution in [0.2, 0.25) is 0 Å². The van der Waals surface area contributed by atoms with Crippen LogP contribution in [0, 0.1) is 0 Å². The summed E-state index contributed by atoms with van der Waals surface area (Å²) >= 11 is 0. The molecule has 0 aliphatic heterocycles. The minimum atomic E-state index is 0.499. The summed E-state index contributed by atoms with van der Waals surface area (Å²) in [6.45, 7) is 3.41. The highest BCUT2D eigenvalue weighted by Crippen LogP contribution is 2.26. The minimum absolute atomic E-state index is 0.499. The first-order chi connectivity index (χ1) is 19.3. The summed E-state index contributed by atoms with van der Waals surface area (Å²) in [7, 11) is 0. The molecule has 39 heavy (non-hydrogen) atoms. The molecule has 3 aromatic carbocycles. The van der Waals surface area contributed by atoms with Crippen molar-refractivity contribution in [3.63, 3.8) is 0 Å². The van der Waals surface area contributed by atoms with Crippen LogP contribution in [0.25, 0.3) is 5.69 Å². The zero-order chi connectivity index (χ0) is 27.0. The predicted molar refractivity (Wildman–Crippen MR) is 165 cm³/mol. The number of aryl methyl sites for hydroxylation is 1. The van der Waals surface area contributed by atoms with Crippen LogP contribution in [-0.4, -0.2) is 4.57 Å². The first-order valence-corrected chi connectivity index (χ1v) is 15.6. The second-order valence-electron chi connectivity index (χ2n) is 11.1. The minimum Gasteiger partial charge on any atom is -0.234 e. The van der Waals surface area contributed by atoms with Gasteiger partial charge in [-0.3, -0.25) is 0 Å². The van der Waals surface area contributed by atoms with Crippen molar-refractivity contribution in [1.82, 2.24) is 4.57 Å². The van der Waals surface area contributed by atoms with Crippen LogP contribution in [0.1, 0.15) is 100 Å². The molecule has 0 radical (unpaired) electrons. The van der Waals surface area contributed by atoms with Gasteiger partial charge in [-0.25, -0.2) is 4.57 Å². The Labute approximate surface area is 237 Å². The standard InChI is InChI=1S/C37H49N2/c1-2-3-4-5-6-7-8-9-10-20-29-38-30-31-39(36-25-18-13-19-26-36)37(38)28-27-35(34-23-16-12-17-24-34)32-33-21-14-11-15-22-33/h11-19,21-26,30-31,35H,2-10,20,27-29,32H2,1H3/q+1/t35-/m0/s1. The molecule has 4 aromatic rings. The predicted octanol–water partition coefficient (Wildman–Crippen LogP) is 9.64. The van der Waals surface area contributed by atoms with Crippen LogP contribution in [0.4, 0.5) is 0 Å². The number of rotatable bonds is 18. The fraction of sp³-hybridized carbons (Fsp3) is 0.432. The summed E-state index contributed by atoms with van der Waals surface area (Å²) in [4.78, 5) is 0. The third kappa shape index (κ3) is 9.53. The number of nitrogens with zero attached hydrogens (tertiary/aromatic N) is 2. The van der Waals surface area contributed by atoms with Crippen molar-refractivity contribution in [1.29, 1.82) is 0 Å². The van der Waals surface area contributed by atoms with Gasteiger partial charge in [0, 0.05) is 0 Å². The molecule has 1 aromatic heterocycles. The van der Waals surface area contributed by atoms with E-state index in [1.165, 1.54) is 86.8 Å². The van der Waals surface area contributed by atoms with Crippen LogP contribution >= 0.6 is 0 Å². The van der Waals surface area contributed by atoms with Crippen LogP contribution in [-0.2, 0) is 19.4 Å². The van der Waals surface area contributed by atoms with Gasteiger partial charge >= 0.3 is 0 Å². The number of unbranched alkanes of at least 4 members (excludes halogenated alkanes) is 9. The number of hydrogen-bond acceptors (Lipinski definition) is 0. The molecule has 0 N–H and O–H groups in total. The van der Waals surface area contributed by atoms with Gasteiger partial charge in [0.05, 0.1) is 13.0 Å². The van der Waals surface area contributed by atoms with Gasteiger partial charge in [-0.15, -0.1) is 0 Å². The molecule has 0 amide bonds. The summed E-state index contributed by atoms with van der Waals surface area (Å²) in [5.74, 6) is 1.92. The molecule has 0 spiro atoms. The molecule has 2 heteroatoms. The van der Waals surface area contributed by atoms with E-state index in [2.05, 4.69) is 119 Å². The van der Waals surface area contributed by atoms with Gasteiger partial charge in [0.2, 0.25) is 0 Å². The van der Waals surface area contributed by atoms with Crippen LogP contribution in [0.15, 0.2) is 103 Å². The van der Waals surface area contributed by atoms with Crippen molar-refractivity contribution >= 4 is 0 Å². The zero-order valence-corrected chi connectivity index (χ0v) is 24.2. The van der Waals surface area contributed by atoms with Crippen molar-refractivity contribution in [2.24, 2.45) is 0 Å². The van der Waals surface area contributed by atoms with E-state index in [1.807, 2.05) is 0 Å². The highest BCUT2D eigenvalue weighted by atomic mass is 15.1. The summed E-state index contributed by atoms with van der Waals surface area (Å²) in [5.41, 5.74) is 4.12. The average molecular weight is 522 g/mol. The average Bonchev–Trinajstić information content (AvgIpc) is 3.40. The third-order valence-corrected chi connectivity index (χ3v) is 8.10. The Morgan fingerprint density at radius 3 is 1.85 bits per heavy atom. The lowest BCUT2D eigenvalue weighted by molar-refractivity contribution is -0.704. The molecular formula is C37H49N2+. The molecule has 0 saturated heterocycles. The summed E-state index contributed by atoms with van der Waals surface area (Å²) in [5, 5.41) is 0. The second-order valence-corrected chi connectivity index (χ2v) is 11.1. The molecule has 0 unspecified atom stereocenters. The normalized spacial score (nSPS) is 12.0. The van der Waals surface area contributed by atoms with Gasteiger partial charge in [-0.2, -0.15) is 4.57 Å². The lowest BCUT2D eigenvalue weighted by atomic mass is 9.88. The van der Waals surface area contributed by atoms with E-state index in [1.54, 1.807) is 0 Å². The van der Waals surface area contributed by atoms with Gasteiger partial charge in [0.1, 0.15) is 18.1 Å². The Bertz CT molecular complexity index is 1160. The Morgan fingerprint density at radius 2 is 1.21 bits per heavy atom. The fourth-order valence-electron chi connectivity index (χ4n) is 5.83. The zero-order valence-electron chi connectivity index (χ0n) is 24.2. The van der Waals surface area contributed by atoms with Crippen LogP contribution in [0.5, 0.6) is 0 Å². The maximum atomic E-state index is 2.53. The monoisotopic (exact) mass is 521 g/mol. The SMILES string of the molecule is CCCCCCCCCCCC[n+]1ccn(-c2ccccc2)c1CC[C@@H](Cc1ccccc1)c1ccccc1. The highest BCUT2D eigenvalue weighted by molar-refractivity contribution is 5.32. The number of hydrogen-bond donors (Lipinski definition) is 0. The molecule has 206 valence electrons. The smallest absolute Gasteiger partial charge is 0.234 e. The molecule has 0 aliphatic carbocycles. The van der Waals surface area contributed by atoms with Gasteiger partial charge in [-0.1, -0.05) is 137 Å². The molecule has 1 heterocycles. The largest absolute Gasteiger partial charge is 0.261 e. The Hall–Kier alpha value is -3.13. The topological polar surface area (TPSA) is 8.81 Å². The van der Waals surface area contributed by atoms with Crippen molar-refractivity contribution < 1.29 is 4.57 Å². The highest BCUT2D eigenvalue weighted by Gasteiger charge is 2.21. The van der Waals surface area contributed by atoms with Gasteiger partial charge in [0.25, 0.3) is 5.82 Å². The van der Waals surface area contributed by atoms with Crippen molar-refractivity contribution in [3.05, 3.63) is 120 Å². The van der Waals surface area contributed by atoms with E-state index >= 15 is 0 Å².